The van der Waals surface area contributed by atoms with Gasteiger partial charge in [-0.15, -0.1) is 0 Å². The highest BCUT2D eigenvalue weighted by molar-refractivity contribution is 5.91. The topological polar surface area (TPSA) is 59.4 Å². The number of nitrogens with zero attached hydrogens (tertiary/aromatic N) is 1. The predicted molar refractivity (Wildman–Crippen MR) is 60.0 cm³/mol. The molecule has 1 aromatic rings. The molecule has 15 heavy (non-hydrogen) atoms. The molecular weight excluding hydrogens is 190 g/mol. The van der Waals surface area contributed by atoms with Crippen LogP contribution in [0.1, 0.15) is 6.42 Å². The number of hydrogen-bond donors (Lipinski definition) is 3. The number of benzene rings is 1. The average molecular weight is 205 g/mol. The van der Waals surface area contributed by atoms with Crippen molar-refractivity contribution >= 4 is 11.6 Å². The third-order valence-corrected chi connectivity index (χ3v) is 2.52. The molecule has 0 aliphatic carbocycles. The largest absolute Gasteiger partial charge is 0.391 e. The first-order chi connectivity index (χ1) is 7.25. The average Bonchev–Trinajstić information content (AvgIpc) is 2.66. The van der Waals surface area contributed by atoms with Gasteiger partial charge in [0.1, 0.15) is 0 Å². The summed E-state index contributed by atoms with van der Waals surface area (Å²) in [5.41, 5.74) is 0.906. The minimum absolute atomic E-state index is 0.289. The zero-order chi connectivity index (χ0) is 10.7. The summed E-state index contributed by atoms with van der Waals surface area (Å²) in [5, 5.41) is 20.2. The molecule has 1 aliphatic heterocycles. The van der Waals surface area contributed by atoms with E-state index < -0.39 is 0 Å². The van der Waals surface area contributed by atoms with Crippen molar-refractivity contribution in [3.05, 3.63) is 30.3 Å². The van der Waals surface area contributed by atoms with Gasteiger partial charge in [-0.25, -0.2) is 0 Å². The fourth-order valence-corrected chi connectivity index (χ4v) is 1.68. The molecule has 4 nitrogen and oxygen atoms in total. The number of aliphatic hydroxyl groups excluding tert-OH is 1. The number of aliphatic hydroxyl groups is 1. The third-order valence-electron chi connectivity index (χ3n) is 2.52. The molecular formula is C11H15N3O. The third kappa shape index (κ3) is 2.47. The van der Waals surface area contributed by atoms with E-state index in [0.29, 0.717) is 12.5 Å². The number of para-hydroxylation sites is 1. The van der Waals surface area contributed by atoms with E-state index in [4.69, 9.17) is 5.41 Å². The van der Waals surface area contributed by atoms with Crippen LogP contribution in [-0.4, -0.2) is 35.2 Å². The summed E-state index contributed by atoms with van der Waals surface area (Å²) in [6.45, 7) is 1.30. The maximum absolute atomic E-state index is 9.35. The Labute approximate surface area is 89.0 Å². The van der Waals surface area contributed by atoms with Crippen LogP contribution in [-0.2, 0) is 0 Å². The minimum Gasteiger partial charge on any atom is -0.391 e. The van der Waals surface area contributed by atoms with Gasteiger partial charge in [-0.2, -0.15) is 0 Å². The van der Waals surface area contributed by atoms with Gasteiger partial charge in [-0.3, -0.25) is 5.41 Å². The lowest BCUT2D eigenvalue weighted by Gasteiger charge is -2.19. The van der Waals surface area contributed by atoms with Crippen molar-refractivity contribution in [2.24, 2.45) is 0 Å². The molecule has 3 N–H and O–H groups in total. The van der Waals surface area contributed by atoms with Gasteiger partial charge in [0.2, 0.25) is 0 Å². The summed E-state index contributed by atoms with van der Waals surface area (Å²) in [6, 6.07) is 9.62. The normalized spacial score (nSPS) is 20.3. The number of anilines is 1. The number of guanidine groups is 1. The van der Waals surface area contributed by atoms with Crippen molar-refractivity contribution in [2.75, 3.05) is 18.4 Å². The van der Waals surface area contributed by atoms with Gasteiger partial charge < -0.3 is 15.3 Å². The number of likely N-dealkylation sites (tertiary alicyclic amines) is 1. The molecule has 80 valence electrons. The molecule has 0 amide bonds. The summed E-state index contributed by atoms with van der Waals surface area (Å²) in [7, 11) is 0. The van der Waals surface area contributed by atoms with Crippen LogP contribution in [0, 0.1) is 5.41 Å². The van der Waals surface area contributed by atoms with Crippen LogP contribution in [0.2, 0.25) is 0 Å². The first-order valence-corrected chi connectivity index (χ1v) is 5.09. The summed E-state index contributed by atoms with van der Waals surface area (Å²) in [4.78, 5) is 1.84. The smallest absolute Gasteiger partial charge is 0.195 e. The standard InChI is InChI=1S/C11H15N3O/c12-11(14-7-6-10(15)8-14)13-9-4-2-1-3-5-9/h1-5,10,15H,6-8H2,(H2,12,13)/t10-/m1/s1. The molecule has 1 fully saturated rings. The van der Waals surface area contributed by atoms with Gasteiger partial charge in [0.25, 0.3) is 0 Å². The Balaban J connectivity index is 1.93. The van der Waals surface area contributed by atoms with Gasteiger partial charge in [-0.05, 0) is 18.6 Å². The van der Waals surface area contributed by atoms with Gasteiger partial charge in [0.05, 0.1) is 6.10 Å². The van der Waals surface area contributed by atoms with E-state index in [2.05, 4.69) is 5.32 Å². The Morgan fingerprint density at radius 3 is 2.73 bits per heavy atom. The van der Waals surface area contributed by atoms with Crippen molar-refractivity contribution in [1.29, 1.82) is 5.41 Å². The van der Waals surface area contributed by atoms with E-state index >= 15 is 0 Å². The summed E-state index contributed by atoms with van der Waals surface area (Å²) < 4.78 is 0. The van der Waals surface area contributed by atoms with Crippen LogP contribution in [0.15, 0.2) is 30.3 Å². The first kappa shape index (κ1) is 9.98. The van der Waals surface area contributed by atoms with Crippen molar-refractivity contribution in [2.45, 2.75) is 12.5 Å². The summed E-state index contributed by atoms with van der Waals surface area (Å²) in [6.07, 6.45) is 0.460. The molecule has 0 bridgehead atoms. The van der Waals surface area contributed by atoms with Crippen LogP contribution in [0.25, 0.3) is 0 Å². The van der Waals surface area contributed by atoms with Crippen LogP contribution in [0.4, 0.5) is 5.69 Å². The van der Waals surface area contributed by atoms with Gasteiger partial charge >= 0.3 is 0 Å². The molecule has 4 heteroatoms. The molecule has 0 saturated carbocycles. The highest BCUT2D eigenvalue weighted by Crippen LogP contribution is 2.11. The van der Waals surface area contributed by atoms with E-state index in [-0.39, 0.29) is 6.10 Å². The Morgan fingerprint density at radius 1 is 1.40 bits per heavy atom. The zero-order valence-electron chi connectivity index (χ0n) is 8.48. The van der Waals surface area contributed by atoms with Crippen LogP contribution >= 0.6 is 0 Å². The van der Waals surface area contributed by atoms with Gasteiger partial charge in [0, 0.05) is 18.8 Å². The van der Waals surface area contributed by atoms with Crippen LogP contribution in [0.3, 0.4) is 0 Å². The molecule has 0 spiro atoms. The Kier molecular flexibility index (Phi) is 2.87. The van der Waals surface area contributed by atoms with E-state index in [0.717, 1.165) is 18.7 Å². The molecule has 0 aromatic heterocycles. The Hall–Kier alpha value is -1.55. The highest BCUT2D eigenvalue weighted by Gasteiger charge is 2.22. The van der Waals surface area contributed by atoms with E-state index in [1.54, 1.807) is 0 Å². The van der Waals surface area contributed by atoms with Gasteiger partial charge in [-0.1, -0.05) is 18.2 Å². The highest BCUT2D eigenvalue weighted by atomic mass is 16.3. The van der Waals surface area contributed by atoms with Crippen LogP contribution in [0.5, 0.6) is 0 Å². The Morgan fingerprint density at radius 2 is 2.13 bits per heavy atom. The number of hydrogen-bond acceptors (Lipinski definition) is 2. The first-order valence-electron chi connectivity index (χ1n) is 5.09. The van der Waals surface area contributed by atoms with Crippen molar-refractivity contribution in [3.63, 3.8) is 0 Å². The van der Waals surface area contributed by atoms with Crippen molar-refractivity contribution in [1.82, 2.24) is 4.90 Å². The van der Waals surface area contributed by atoms with Crippen molar-refractivity contribution < 1.29 is 5.11 Å². The molecule has 1 heterocycles. The minimum atomic E-state index is -0.289. The second-order valence-electron chi connectivity index (χ2n) is 3.73. The second kappa shape index (κ2) is 4.31. The fraction of sp³-hybridized carbons (Fsp3) is 0.364. The second-order valence-corrected chi connectivity index (χ2v) is 3.73. The molecule has 1 saturated heterocycles. The Bertz CT molecular complexity index is 339. The summed E-state index contributed by atoms with van der Waals surface area (Å²) in [5.74, 6) is 0.359. The maximum atomic E-state index is 9.35. The summed E-state index contributed by atoms with van der Waals surface area (Å²) >= 11 is 0. The quantitative estimate of drug-likeness (QED) is 0.475. The monoisotopic (exact) mass is 205 g/mol. The van der Waals surface area contributed by atoms with Gasteiger partial charge in [0.15, 0.2) is 5.96 Å². The SMILES string of the molecule is N=C(Nc1ccccc1)N1CC[C@@H](O)C1. The van der Waals surface area contributed by atoms with E-state index in [1.165, 1.54) is 0 Å². The molecule has 1 aromatic carbocycles. The van der Waals surface area contributed by atoms with E-state index in [9.17, 15) is 5.11 Å². The predicted octanol–water partition coefficient (Wildman–Crippen LogP) is 1.10. The van der Waals surface area contributed by atoms with Crippen LogP contribution < -0.4 is 5.32 Å². The molecule has 1 aliphatic rings. The zero-order valence-corrected chi connectivity index (χ0v) is 8.48. The molecule has 1 atom stereocenters. The maximum Gasteiger partial charge on any atom is 0.195 e. The number of β-amino-alcohol motifs (C(OH)–C–C–N with tert-alkyl or cyclic N) is 1. The molecule has 0 unspecified atom stereocenters. The lowest BCUT2D eigenvalue weighted by molar-refractivity contribution is 0.188. The lowest BCUT2D eigenvalue weighted by Crippen LogP contribution is -2.34. The number of rotatable bonds is 1. The molecule has 0 radical (unpaired) electrons. The van der Waals surface area contributed by atoms with E-state index in [1.807, 2.05) is 35.2 Å². The fourth-order valence-electron chi connectivity index (χ4n) is 1.68. The van der Waals surface area contributed by atoms with Crippen molar-refractivity contribution in [3.8, 4) is 0 Å². The lowest BCUT2D eigenvalue weighted by atomic mass is 10.3. The number of nitrogens with one attached hydrogen (secondary N) is 2. The molecule has 2 rings (SSSR count).